The van der Waals surface area contributed by atoms with Gasteiger partial charge < -0.3 is 5.73 Å². The van der Waals surface area contributed by atoms with Crippen molar-refractivity contribution >= 4 is 27.1 Å². The van der Waals surface area contributed by atoms with Crippen LogP contribution in [-0.2, 0) is 15.6 Å². The van der Waals surface area contributed by atoms with Gasteiger partial charge in [-0.05, 0) is 29.8 Å². The molecule has 0 heterocycles. The zero-order valence-corrected chi connectivity index (χ0v) is 11.1. The van der Waals surface area contributed by atoms with E-state index in [1.165, 1.54) is 0 Å². The number of hydrogen-bond acceptors (Lipinski definition) is 3. The van der Waals surface area contributed by atoms with Crippen molar-refractivity contribution in [3.63, 3.8) is 0 Å². The Labute approximate surface area is 111 Å². The highest BCUT2D eigenvalue weighted by Crippen LogP contribution is 2.23. The van der Waals surface area contributed by atoms with Gasteiger partial charge in [-0.2, -0.15) is 0 Å². The second-order valence-corrected chi connectivity index (χ2v) is 6.34. The molecule has 0 aliphatic rings. The summed E-state index contributed by atoms with van der Waals surface area (Å²) in [5, 5.41) is 0.494. The Morgan fingerprint density at radius 2 is 1.72 bits per heavy atom. The standard InChI is InChI=1S/C13H12ClNO2S/c14-11-7-6-10(13(15)8-11)9-18(16,17)12-4-2-1-3-5-12/h1-8H,9,15H2. The minimum absolute atomic E-state index is 0.125. The van der Waals surface area contributed by atoms with Crippen molar-refractivity contribution in [2.45, 2.75) is 10.6 Å². The lowest BCUT2D eigenvalue weighted by molar-refractivity contribution is 0.595. The molecule has 94 valence electrons. The Balaban J connectivity index is 2.34. The number of benzene rings is 2. The normalized spacial score (nSPS) is 11.4. The predicted octanol–water partition coefficient (Wildman–Crippen LogP) is 2.90. The van der Waals surface area contributed by atoms with E-state index in [9.17, 15) is 8.42 Å². The van der Waals surface area contributed by atoms with E-state index in [1.807, 2.05) is 0 Å². The first-order valence-corrected chi connectivity index (χ1v) is 7.34. The monoisotopic (exact) mass is 281 g/mol. The second-order valence-electron chi connectivity index (χ2n) is 3.92. The van der Waals surface area contributed by atoms with Crippen LogP contribution >= 0.6 is 11.6 Å². The highest BCUT2D eigenvalue weighted by molar-refractivity contribution is 7.90. The maximum absolute atomic E-state index is 12.2. The number of nitrogens with two attached hydrogens (primary N) is 1. The highest BCUT2D eigenvalue weighted by atomic mass is 35.5. The molecule has 0 aliphatic carbocycles. The molecule has 3 nitrogen and oxygen atoms in total. The molecule has 2 N–H and O–H groups in total. The van der Waals surface area contributed by atoms with Gasteiger partial charge in [-0.1, -0.05) is 35.9 Å². The van der Waals surface area contributed by atoms with E-state index in [0.29, 0.717) is 21.2 Å². The van der Waals surface area contributed by atoms with Gasteiger partial charge in [0.25, 0.3) is 0 Å². The molecule has 0 aromatic heterocycles. The topological polar surface area (TPSA) is 60.2 Å². The van der Waals surface area contributed by atoms with Crippen LogP contribution in [0.3, 0.4) is 0 Å². The molecule has 0 radical (unpaired) electrons. The Kier molecular flexibility index (Phi) is 3.59. The van der Waals surface area contributed by atoms with E-state index >= 15 is 0 Å². The smallest absolute Gasteiger partial charge is 0.182 e. The maximum atomic E-state index is 12.2. The minimum atomic E-state index is -3.37. The molecule has 2 aromatic rings. The lowest BCUT2D eigenvalue weighted by Crippen LogP contribution is -2.06. The third-order valence-electron chi connectivity index (χ3n) is 2.56. The van der Waals surface area contributed by atoms with Crippen LogP contribution in [0.4, 0.5) is 5.69 Å². The fourth-order valence-electron chi connectivity index (χ4n) is 1.61. The van der Waals surface area contributed by atoms with Crippen molar-refractivity contribution in [1.82, 2.24) is 0 Å². The summed E-state index contributed by atoms with van der Waals surface area (Å²) >= 11 is 5.78. The fourth-order valence-corrected chi connectivity index (χ4v) is 3.20. The Bertz CT molecular complexity index is 654. The molecule has 0 atom stereocenters. The van der Waals surface area contributed by atoms with Crippen LogP contribution in [0.2, 0.25) is 5.02 Å². The molecule has 5 heteroatoms. The van der Waals surface area contributed by atoms with Crippen molar-refractivity contribution in [2.24, 2.45) is 0 Å². The Hall–Kier alpha value is -1.52. The summed E-state index contributed by atoms with van der Waals surface area (Å²) in [6, 6.07) is 13.1. The third kappa shape index (κ3) is 2.83. The maximum Gasteiger partial charge on any atom is 0.182 e. The van der Waals surface area contributed by atoms with Crippen molar-refractivity contribution in [2.75, 3.05) is 5.73 Å². The average molecular weight is 282 g/mol. The van der Waals surface area contributed by atoms with Gasteiger partial charge in [-0.15, -0.1) is 0 Å². The fraction of sp³-hybridized carbons (Fsp3) is 0.0769. The number of nitrogen functional groups attached to an aromatic ring is 1. The van der Waals surface area contributed by atoms with Gasteiger partial charge in [0, 0.05) is 10.7 Å². The Morgan fingerprint density at radius 1 is 1.06 bits per heavy atom. The largest absolute Gasteiger partial charge is 0.398 e. The Morgan fingerprint density at radius 3 is 2.33 bits per heavy atom. The number of sulfone groups is 1. The van der Waals surface area contributed by atoms with Crippen LogP contribution in [0.5, 0.6) is 0 Å². The van der Waals surface area contributed by atoms with E-state index in [2.05, 4.69) is 0 Å². The first-order valence-electron chi connectivity index (χ1n) is 5.31. The van der Waals surface area contributed by atoms with Gasteiger partial charge in [-0.3, -0.25) is 0 Å². The number of halogens is 1. The molecule has 0 fully saturated rings. The summed E-state index contributed by atoms with van der Waals surface area (Å²) in [5.74, 6) is -0.125. The summed E-state index contributed by atoms with van der Waals surface area (Å²) in [6.07, 6.45) is 0. The van der Waals surface area contributed by atoms with E-state index in [-0.39, 0.29) is 5.75 Å². The molecule has 2 aromatic carbocycles. The van der Waals surface area contributed by atoms with Crippen LogP contribution in [0.1, 0.15) is 5.56 Å². The van der Waals surface area contributed by atoms with Crippen molar-refractivity contribution < 1.29 is 8.42 Å². The summed E-state index contributed by atoms with van der Waals surface area (Å²) in [5.41, 5.74) is 6.71. The molecular formula is C13H12ClNO2S. The van der Waals surface area contributed by atoms with Crippen LogP contribution in [0.25, 0.3) is 0 Å². The van der Waals surface area contributed by atoms with Crippen molar-refractivity contribution in [3.05, 3.63) is 59.1 Å². The first kappa shape index (κ1) is 12.9. The van der Waals surface area contributed by atoms with E-state index in [4.69, 9.17) is 17.3 Å². The highest BCUT2D eigenvalue weighted by Gasteiger charge is 2.16. The number of rotatable bonds is 3. The summed E-state index contributed by atoms with van der Waals surface area (Å²) in [7, 11) is -3.37. The molecule has 0 bridgehead atoms. The van der Waals surface area contributed by atoms with Gasteiger partial charge >= 0.3 is 0 Å². The van der Waals surface area contributed by atoms with Gasteiger partial charge in [0.1, 0.15) is 0 Å². The number of anilines is 1. The van der Waals surface area contributed by atoms with Gasteiger partial charge in [0.2, 0.25) is 0 Å². The van der Waals surface area contributed by atoms with E-state index in [1.54, 1.807) is 48.5 Å². The molecule has 18 heavy (non-hydrogen) atoms. The molecule has 0 aliphatic heterocycles. The first-order chi connectivity index (χ1) is 8.49. The average Bonchev–Trinajstić information content (AvgIpc) is 2.34. The number of hydrogen-bond donors (Lipinski definition) is 1. The SMILES string of the molecule is Nc1cc(Cl)ccc1CS(=O)(=O)c1ccccc1. The molecule has 0 spiro atoms. The van der Waals surface area contributed by atoms with Crippen molar-refractivity contribution in [1.29, 1.82) is 0 Å². The van der Waals surface area contributed by atoms with Crippen LogP contribution in [-0.4, -0.2) is 8.42 Å². The minimum Gasteiger partial charge on any atom is -0.398 e. The van der Waals surface area contributed by atoms with Gasteiger partial charge in [0.05, 0.1) is 10.6 Å². The summed E-state index contributed by atoms with van der Waals surface area (Å²) < 4.78 is 24.3. The molecular weight excluding hydrogens is 270 g/mol. The molecule has 2 rings (SSSR count). The van der Waals surface area contributed by atoms with Gasteiger partial charge in [0.15, 0.2) is 9.84 Å². The third-order valence-corrected chi connectivity index (χ3v) is 4.47. The molecule has 0 amide bonds. The lowest BCUT2D eigenvalue weighted by Gasteiger charge is -2.07. The lowest BCUT2D eigenvalue weighted by atomic mass is 10.2. The van der Waals surface area contributed by atoms with Crippen LogP contribution in [0, 0.1) is 0 Å². The zero-order chi connectivity index (χ0) is 13.2. The summed E-state index contributed by atoms with van der Waals surface area (Å²) in [6.45, 7) is 0. The second kappa shape index (κ2) is 5.00. The van der Waals surface area contributed by atoms with Crippen LogP contribution in [0.15, 0.2) is 53.4 Å². The zero-order valence-electron chi connectivity index (χ0n) is 9.51. The molecule has 0 saturated carbocycles. The molecule has 0 saturated heterocycles. The van der Waals surface area contributed by atoms with Crippen molar-refractivity contribution in [3.8, 4) is 0 Å². The summed E-state index contributed by atoms with van der Waals surface area (Å²) in [4.78, 5) is 0.291. The quantitative estimate of drug-likeness (QED) is 0.880. The van der Waals surface area contributed by atoms with Gasteiger partial charge in [-0.25, -0.2) is 8.42 Å². The predicted molar refractivity (Wildman–Crippen MR) is 73.2 cm³/mol. The molecule has 0 unspecified atom stereocenters. The van der Waals surface area contributed by atoms with Crippen LogP contribution < -0.4 is 5.73 Å². The van der Waals surface area contributed by atoms with E-state index < -0.39 is 9.84 Å². The van der Waals surface area contributed by atoms with E-state index in [0.717, 1.165) is 0 Å².